The fraction of sp³-hybridized carbons (Fsp3) is 0.136. The number of nitrogens with zero attached hydrogens (tertiary/aromatic N) is 6. The Morgan fingerprint density at radius 2 is 1.73 bits per heavy atom. The number of hydrogen-bond donors (Lipinski definition) is 0. The van der Waals surface area contributed by atoms with E-state index in [4.69, 9.17) is 11.6 Å². The zero-order valence-corrected chi connectivity index (χ0v) is 16.9. The van der Waals surface area contributed by atoms with Crippen molar-refractivity contribution in [3.8, 4) is 11.1 Å². The Morgan fingerprint density at radius 3 is 2.47 bits per heavy atom. The van der Waals surface area contributed by atoms with E-state index >= 15 is 0 Å². The van der Waals surface area contributed by atoms with Crippen LogP contribution in [-0.4, -0.2) is 29.4 Å². The molecule has 5 rings (SSSR count). The van der Waals surface area contributed by atoms with E-state index in [0.717, 1.165) is 22.4 Å². The smallest absolute Gasteiger partial charge is 0.283 e. The Labute approximate surface area is 176 Å². The Balaban J connectivity index is 1.70. The van der Waals surface area contributed by atoms with Gasteiger partial charge in [-0.05, 0) is 29.7 Å². The van der Waals surface area contributed by atoms with Gasteiger partial charge in [-0.3, -0.25) is 9.36 Å². The highest BCUT2D eigenvalue weighted by molar-refractivity contribution is 6.30. The summed E-state index contributed by atoms with van der Waals surface area (Å²) in [5.41, 5.74) is 4.57. The maximum atomic E-state index is 13.0. The van der Waals surface area contributed by atoms with Crippen molar-refractivity contribution in [3.05, 3.63) is 87.6 Å². The average Bonchev–Trinajstić information content (AvgIpc) is 3.16. The highest BCUT2D eigenvalue weighted by Crippen LogP contribution is 2.29. The van der Waals surface area contributed by atoms with Crippen molar-refractivity contribution in [1.29, 1.82) is 0 Å². The van der Waals surface area contributed by atoms with Gasteiger partial charge in [0.15, 0.2) is 16.8 Å². The standard InChI is InChI=1S/C22H17ClN6O/c1-2-17-18(15-8-10-16(23)11-9-15)20-26-25-19-21(29(20)27-17)24-13-28(22(19)30)12-14-6-4-3-5-7-14/h3-11,13H,2,12H2,1H3. The van der Waals surface area contributed by atoms with Crippen molar-refractivity contribution >= 4 is 28.4 Å². The molecule has 0 fully saturated rings. The zero-order chi connectivity index (χ0) is 20.7. The van der Waals surface area contributed by atoms with Crippen LogP contribution in [0, 0.1) is 0 Å². The van der Waals surface area contributed by atoms with E-state index in [2.05, 4.69) is 20.3 Å². The van der Waals surface area contributed by atoms with Crippen LogP contribution >= 0.6 is 11.6 Å². The van der Waals surface area contributed by atoms with Crippen LogP contribution in [0.4, 0.5) is 0 Å². The normalized spacial score (nSPS) is 11.4. The second-order valence-electron chi connectivity index (χ2n) is 6.95. The number of aromatic nitrogens is 6. The minimum absolute atomic E-state index is 0.189. The lowest BCUT2D eigenvalue weighted by molar-refractivity contribution is 0.736. The Morgan fingerprint density at radius 1 is 0.967 bits per heavy atom. The van der Waals surface area contributed by atoms with Gasteiger partial charge in [-0.2, -0.15) is 9.61 Å². The second-order valence-corrected chi connectivity index (χ2v) is 7.39. The number of benzene rings is 2. The van der Waals surface area contributed by atoms with Gasteiger partial charge in [0, 0.05) is 5.02 Å². The summed E-state index contributed by atoms with van der Waals surface area (Å²) in [5, 5.41) is 13.9. The topological polar surface area (TPSA) is 78.0 Å². The van der Waals surface area contributed by atoms with Gasteiger partial charge in [0.1, 0.15) is 6.33 Å². The summed E-state index contributed by atoms with van der Waals surface area (Å²) < 4.78 is 3.14. The van der Waals surface area contributed by atoms with E-state index in [0.29, 0.717) is 29.3 Å². The lowest BCUT2D eigenvalue weighted by atomic mass is 10.0. The number of rotatable bonds is 4. The molecule has 5 aromatic rings. The van der Waals surface area contributed by atoms with Crippen molar-refractivity contribution in [2.45, 2.75) is 19.9 Å². The minimum Gasteiger partial charge on any atom is -0.293 e. The quantitative estimate of drug-likeness (QED) is 0.445. The molecule has 0 bridgehead atoms. The van der Waals surface area contributed by atoms with Crippen LogP contribution in [0.25, 0.3) is 27.9 Å². The first-order chi connectivity index (χ1) is 14.7. The predicted octanol–water partition coefficient (Wildman–Crippen LogP) is 3.77. The summed E-state index contributed by atoms with van der Waals surface area (Å²) in [5.74, 6) is 0. The van der Waals surface area contributed by atoms with E-state index in [-0.39, 0.29) is 11.1 Å². The third kappa shape index (κ3) is 3.04. The fourth-order valence-corrected chi connectivity index (χ4v) is 3.68. The van der Waals surface area contributed by atoms with Crippen molar-refractivity contribution in [3.63, 3.8) is 0 Å². The average molecular weight is 417 g/mol. The lowest BCUT2D eigenvalue weighted by Gasteiger charge is -2.07. The van der Waals surface area contributed by atoms with Crippen LogP contribution in [0.1, 0.15) is 18.2 Å². The number of halogens is 1. The van der Waals surface area contributed by atoms with Crippen LogP contribution in [0.15, 0.2) is 65.7 Å². The molecule has 3 aromatic heterocycles. The van der Waals surface area contributed by atoms with E-state index in [1.165, 1.54) is 10.9 Å². The molecule has 3 heterocycles. The number of hydrogen-bond acceptors (Lipinski definition) is 5. The Kier molecular flexibility index (Phi) is 4.52. The molecule has 0 N–H and O–H groups in total. The van der Waals surface area contributed by atoms with Gasteiger partial charge in [-0.15, -0.1) is 10.2 Å². The Hall–Kier alpha value is -3.58. The van der Waals surface area contributed by atoms with Gasteiger partial charge < -0.3 is 0 Å². The van der Waals surface area contributed by atoms with Gasteiger partial charge in [0.2, 0.25) is 0 Å². The zero-order valence-electron chi connectivity index (χ0n) is 16.2. The first-order valence-electron chi connectivity index (χ1n) is 9.59. The highest BCUT2D eigenvalue weighted by atomic mass is 35.5. The van der Waals surface area contributed by atoms with E-state index in [1.54, 1.807) is 4.52 Å². The molecule has 0 spiro atoms. The molecule has 148 valence electrons. The molecule has 0 amide bonds. The van der Waals surface area contributed by atoms with Gasteiger partial charge in [-0.25, -0.2) is 4.98 Å². The SMILES string of the molecule is CCc1nn2c(nnc3c(=O)n(Cc4ccccc4)cnc32)c1-c1ccc(Cl)cc1. The maximum absolute atomic E-state index is 13.0. The first-order valence-corrected chi connectivity index (χ1v) is 9.97. The molecule has 0 atom stereocenters. The third-order valence-corrected chi connectivity index (χ3v) is 5.29. The summed E-state index contributed by atoms with van der Waals surface area (Å²) in [4.78, 5) is 17.5. The fourth-order valence-electron chi connectivity index (χ4n) is 3.56. The molecule has 30 heavy (non-hydrogen) atoms. The Bertz CT molecular complexity index is 1420. The number of fused-ring (bicyclic) bond motifs is 3. The van der Waals surface area contributed by atoms with Crippen molar-refractivity contribution < 1.29 is 0 Å². The van der Waals surface area contributed by atoms with E-state index in [9.17, 15) is 4.79 Å². The molecule has 0 saturated heterocycles. The van der Waals surface area contributed by atoms with Crippen LogP contribution in [0.5, 0.6) is 0 Å². The van der Waals surface area contributed by atoms with Gasteiger partial charge in [0.25, 0.3) is 5.56 Å². The van der Waals surface area contributed by atoms with Crippen LogP contribution in [0.3, 0.4) is 0 Å². The number of aryl methyl sites for hydroxylation is 1. The summed E-state index contributed by atoms with van der Waals surface area (Å²) in [6, 6.07) is 17.2. The molecule has 0 unspecified atom stereocenters. The first kappa shape index (κ1) is 18.4. The van der Waals surface area contributed by atoms with Crippen molar-refractivity contribution in [2.24, 2.45) is 0 Å². The summed E-state index contributed by atoms with van der Waals surface area (Å²) in [6.45, 7) is 2.44. The van der Waals surface area contributed by atoms with Gasteiger partial charge >= 0.3 is 0 Å². The van der Waals surface area contributed by atoms with Crippen LogP contribution in [0.2, 0.25) is 5.02 Å². The summed E-state index contributed by atoms with van der Waals surface area (Å²) in [6.07, 6.45) is 2.24. The summed E-state index contributed by atoms with van der Waals surface area (Å²) >= 11 is 6.04. The molecular weight excluding hydrogens is 400 g/mol. The van der Waals surface area contributed by atoms with Crippen LogP contribution < -0.4 is 5.56 Å². The molecular formula is C22H17ClN6O. The highest BCUT2D eigenvalue weighted by Gasteiger charge is 2.19. The predicted molar refractivity (Wildman–Crippen MR) is 116 cm³/mol. The molecule has 0 aliphatic heterocycles. The van der Waals surface area contributed by atoms with Crippen molar-refractivity contribution in [1.82, 2.24) is 29.4 Å². The molecule has 7 nitrogen and oxygen atoms in total. The summed E-state index contributed by atoms with van der Waals surface area (Å²) in [7, 11) is 0. The van der Waals surface area contributed by atoms with Crippen LogP contribution in [-0.2, 0) is 13.0 Å². The van der Waals surface area contributed by atoms with E-state index < -0.39 is 0 Å². The lowest BCUT2D eigenvalue weighted by Crippen LogP contribution is -2.23. The monoisotopic (exact) mass is 416 g/mol. The van der Waals surface area contributed by atoms with E-state index in [1.807, 2.05) is 61.5 Å². The van der Waals surface area contributed by atoms with Gasteiger partial charge in [-0.1, -0.05) is 61.0 Å². The minimum atomic E-state index is -0.250. The van der Waals surface area contributed by atoms with Gasteiger partial charge in [0.05, 0.1) is 17.8 Å². The second kappa shape index (κ2) is 7.35. The maximum Gasteiger partial charge on any atom is 0.283 e. The third-order valence-electron chi connectivity index (χ3n) is 5.04. The molecule has 2 aromatic carbocycles. The van der Waals surface area contributed by atoms with Crippen molar-refractivity contribution in [2.75, 3.05) is 0 Å². The molecule has 8 heteroatoms. The molecule has 0 saturated carbocycles. The molecule has 0 radical (unpaired) electrons. The largest absolute Gasteiger partial charge is 0.293 e. The molecule has 0 aliphatic carbocycles. The molecule has 0 aliphatic rings.